The lowest BCUT2D eigenvalue weighted by atomic mass is 10.1. The second-order valence-corrected chi connectivity index (χ2v) is 4.80. The largest absolute Gasteiger partial charge is 0.326 e. The maximum absolute atomic E-state index is 11.6. The predicted molar refractivity (Wildman–Crippen MR) is 73.9 cm³/mol. The van der Waals surface area contributed by atoms with E-state index in [0.717, 1.165) is 12.8 Å². The first kappa shape index (κ1) is 14.3. The van der Waals surface area contributed by atoms with Crippen molar-refractivity contribution in [1.82, 2.24) is 0 Å². The molecule has 1 rings (SSSR count). The van der Waals surface area contributed by atoms with Gasteiger partial charge in [0.2, 0.25) is 5.91 Å². The van der Waals surface area contributed by atoms with Crippen molar-refractivity contribution in [2.24, 2.45) is 0 Å². The first-order valence-electron chi connectivity index (χ1n) is 5.88. The Balaban J connectivity index is 2.37. The molecule has 0 heterocycles. The molecular formula is C13H17Cl2NO. The molecule has 0 bridgehead atoms. The van der Waals surface area contributed by atoms with Crippen molar-refractivity contribution in [3.05, 3.63) is 28.2 Å². The van der Waals surface area contributed by atoms with Gasteiger partial charge in [-0.15, -0.1) is 0 Å². The van der Waals surface area contributed by atoms with Crippen molar-refractivity contribution >= 4 is 34.8 Å². The highest BCUT2D eigenvalue weighted by atomic mass is 35.5. The van der Waals surface area contributed by atoms with Crippen LogP contribution in [-0.4, -0.2) is 5.91 Å². The van der Waals surface area contributed by atoms with E-state index in [1.807, 2.05) is 0 Å². The quantitative estimate of drug-likeness (QED) is 0.734. The summed E-state index contributed by atoms with van der Waals surface area (Å²) in [5.41, 5.74) is 0.694. The summed E-state index contributed by atoms with van der Waals surface area (Å²) in [6, 6.07) is 5.09. The van der Waals surface area contributed by atoms with Gasteiger partial charge in [-0.3, -0.25) is 4.79 Å². The van der Waals surface area contributed by atoms with E-state index in [1.54, 1.807) is 18.2 Å². The molecule has 0 unspecified atom stereocenters. The molecule has 1 N–H and O–H groups in total. The van der Waals surface area contributed by atoms with Gasteiger partial charge in [0.05, 0.1) is 10.0 Å². The third-order valence-electron chi connectivity index (χ3n) is 2.46. The van der Waals surface area contributed by atoms with E-state index in [4.69, 9.17) is 23.2 Å². The topological polar surface area (TPSA) is 29.1 Å². The zero-order valence-corrected chi connectivity index (χ0v) is 11.4. The Morgan fingerprint density at radius 2 is 1.94 bits per heavy atom. The minimum absolute atomic E-state index is 0.0273. The van der Waals surface area contributed by atoms with Gasteiger partial charge in [0.15, 0.2) is 0 Å². The molecular weight excluding hydrogens is 257 g/mol. The van der Waals surface area contributed by atoms with E-state index in [2.05, 4.69) is 12.2 Å². The second-order valence-electron chi connectivity index (χ2n) is 3.99. The summed E-state index contributed by atoms with van der Waals surface area (Å²) < 4.78 is 0. The molecule has 0 atom stereocenters. The summed E-state index contributed by atoms with van der Waals surface area (Å²) in [6.07, 6.45) is 4.95. The molecule has 1 aromatic carbocycles. The number of hydrogen-bond acceptors (Lipinski definition) is 1. The second kappa shape index (κ2) is 7.57. The van der Waals surface area contributed by atoms with Crippen LogP contribution in [0.4, 0.5) is 5.69 Å². The molecule has 0 saturated heterocycles. The fourth-order valence-corrected chi connectivity index (χ4v) is 1.81. The Hall–Kier alpha value is -0.730. The summed E-state index contributed by atoms with van der Waals surface area (Å²) in [5, 5.41) is 3.75. The minimum Gasteiger partial charge on any atom is -0.326 e. The van der Waals surface area contributed by atoms with Gasteiger partial charge in [0, 0.05) is 12.1 Å². The summed E-state index contributed by atoms with van der Waals surface area (Å²) in [7, 11) is 0. The summed E-state index contributed by atoms with van der Waals surface area (Å²) in [5.74, 6) is 0.0273. The third kappa shape index (κ3) is 5.42. The maximum atomic E-state index is 11.6. The number of rotatable bonds is 6. The Morgan fingerprint density at radius 3 is 2.59 bits per heavy atom. The Kier molecular flexibility index (Phi) is 6.38. The van der Waals surface area contributed by atoms with Crippen molar-refractivity contribution in [3.8, 4) is 0 Å². The highest BCUT2D eigenvalue weighted by Gasteiger charge is 2.04. The monoisotopic (exact) mass is 273 g/mol. The Morgan fingerprint density at radius 1 is 1.18 bits per heavy atom. The van der Waals surface area contributed by atoms with Crippen LogP contribution >= 0.6 is 23.2 Å². The van der Waals surface area contributed by atoms with Gasteiger partial charge < -0.3 is 5.32 Å². The van der Waals surface area contributed by atoms with Crippen LogP contribution in [0.15, 0.2) is 18.2 Å². The number of nitrogens with one attached hydrogen (secondary N) is 1. The SMILES string of the molecule is CCCCCCC(=O)Nc1ccc(Cl)c(Cl)c1. The molecule has 0 fully saturated rings. The van der Waals surface area contributed by atoms with E-state index < -0.39 is 0 Å². The minimum atomic E-state index is 0.0273. The van der Waals surface area contributed by atoms with E-state index in [9.17, 15) is 4.79 Å². The first-order valence-corrected chi connectivity index (χ1v) is 6.64. The highest BCUT2D eigenvalue weighted by Crippen LogP contribution is 2.25. The Bertz CT molecular complexity index is 380. The van der Waals surface area contributed by atoms with Crippen molar-refractivity contribution in [1.29, 1.82) is 0 Å². The highest BCUT2D eigenvalue weighted by molar-refractivity contribution is 6.42. The fraction of sp³-hybridized carbons (Fsp3) is 0.462. The van der Waals surface area contributed by atoms with Gasteiger partial charge in [-0.25, -0.2) is 0 Å². The van der Waals surface area contributed by atoms with Crippen LogP contribution in [0.3, 0.4) is 0 Å². The molecule has 17 heavy (non-hydrogen) atoms. The molecule has 1 aromatic rings. The van der Waals surface area contributed by atoms with E-state index in [0.29, 0.717) is 22.2 Å². The average Bonchev–Trinajstić information content (AvgIpc) is 2.30. The molecule has 4 heteroatoms. The molecule has 0 aliphatic heterocycles. The standard InChI is InChI=1S/C13H17Cl2NO/c1-2-3-4-5-6-13(17)16-10-7-8-11(14)12(15)9-10/h7-9H,2-6H2,1H3,(H,16,17). The lowest BCUT2D eigenvalue weighted by Crippen LogP contribution is -2.10. The number of benzene rings is 1. The molecule has 1 amide bonds. The number of anilines is 1. The van der Waals surface area contributed by atoms with E-state index >= 15 is 0 Å². The van der Waals surface area contributed by atoms with Gasteiger partial charge in [-0.1, -0.05) is 49.4 Å². The zero-order chi connectivity index (χ0) is 12.7. The van der Waals surface area contributed by atoms with Crippen molar-refractivity contribution in [2.75, 3.05) is 5.32 Å². The smallest absolute Gasteiger partial charge is 0.224 e. The van der Waals surface area contributed by atoms with Crippen molar-refractivity contribution in [2.45, 2.75) is 39.0 Å². The predicted octanol–water partition coefficient (Wildman–Crippen LogP) is 4.90. The molecule has 0 saturated carbocycles. The third-order valence-corrected chi connectivity index (χ3v) is 3.20. The van der Waals surface area contributed by atoms with E-state index in [-0.39, 0.29) is 5.91 Å². The molecule has 2 nitrogen and oxygen atoms in total. The van der Waals surface area contributed by atoms with Crippen LogP contribution < -0.4 is 5.32 Å². The van der Waals surface area contributed by atoms with Crippen LogP contribution in [0.5, 0.6) is 0 Å². The number of carbonyl (C=O) groups excluding carboxylic acids is 1. The maximum Gasteiger partial charge on any atom is 0.224 e. The van der Waals surface area contributed by atoms with Gasteiger partial charge in [-0.2, -0.15) is 0 Å². The number of halogens is 2. The lowest BCUT2D eigenvalue weighted by Gasteiger charge is -2.06. The zero-order valence-electron chi connectivity index (χ0n) is 9.93. The van der Waals surface area contributed by atoms with Gasteiger partial charge in [0.25, 0.3) is 0 Å². The van der Waals surface area contributed by atoms with Gasteiger partial charge >= 0.3 is 0 Å². The van der Waals surface area contributed by atoms with Crippen molar-refractivity contribution in [3.63, 3.8) is 0 Å². The van der Waals surface area contributed by atoms with Crippen LogP contribution in [0.1, 0.15) is 39.0 Å². The normalized spacial score (nSPS) is 10.3. The molecule has 0 spiro atoms. The van der Waals surface area contributed by atoms with Crippen LogP contribution in [0, 0.1) is 0 Å². The Labute approximate surface area is 112 Å². The van der Waals surface area contributed by atoms with Crippen LogP contribution in [0.25, 0.3) is 0 Å². The van der Waals surface area contributed by atoms with Crippen molar-refractivity contribution < 1.29 is 4.79 Å². The number of unbranched alkanes of at least 4 members (excludes halogenated alkanes) is 3. The lowest BCUT2D eigenvalue weighted by molar-refractivity contribution is -0.116. The molecule has 94 valence electrons. The summed E-state index contributed by atoms with van der Waals surface area (Å²) >= 11 is 11.7. The fourth-order valence-electron chi connectivity index (χ4n) is 1.51. The number of hydrogen-bond donors (Lipinski definition) is 1. The molecule has 0 aliphatic carbocycles. The van der Waals surface area contributed by atoms with E-state index in [1.165, 1.54) is 12.8 Å². The number of carbonyl (C=O) groups is 1. The summed E-state index contributed by atoms with van der Waals surface area (Å²) in [4.78, 5) is 11.6. The molecule has 0 aromatic heterocycles. The van der Waals surface area contributed by atoms with Crippen LogP contribution in [0.2, 0.25) is 10.0 Å². The van der Waals surface area contributed by atoms with Gasteiger partial charge in [-0.05, 0) is 24.6 Å². The van der Waals surface area contributed by atoms with Gasteiger partial charge in [0.1, 0.15) is 0 Å². The average molecular weight is 274 g/mol. The number of amides is 1. The van der Waals surface area contributed by atoms with Crippen LogP contribution in [-0.2, 0) is 4.79 Å². The molecule has 0 radical (unpaired) electrons. The molecule has 0 aliphatic rings. The summed E-state index contributed by atoms with van der Waals surface area (Å²) in [6.45, 7) is 2.15. The first-order chi connectivity index (χ1) is 8.13.